The number of nitrogens with one attached hydrogen (secondary N) is 1. The number of fused-ring (bicyclic) bond motifs is 1. The van der Waals surface area contributed by atoms with Crippen LogP contribution in [-0.4, -0.2) is 78.0 Å². The summed E-state index contributed by atoms with van der Waals surface area (Å²) in [6.07, 6.45) is 9.31. The maximum Gasteiger partial charge on any atom is 0.410 e. The minimum Gasteiger partial charge on any atom is -0.444 e. The molecule has 11 heteroatoms. The third-order valence-corrected chi connectivity index (χ3v) is 9.22. The highest BCUT2D eigenvalue weighted by Crippen LogP contribution is 2.34. The topological polar surface area (TPSA) is 126 Å². The maximum atomic E-state index is 12.8. The lowest BCUT2D eigenvalue weighted by Gasteiger charge is -2.28. The summed E-state index contributed by atoms with van der Waals surface area (Å²) in [5, 5.41) is 0.920. The van der Waals surface area contributed by atoms with Crippen molar-refractivity contribution in [3.8, 4) is 22.6 Å². The molecule has 2 amide bonds. The first-order chi connectivity index (χ1) is 23.8. The molecule has 2 atom stereocenters. The third kappa shape index (κ3) is 7.13. The summed E-state index contributed by atoms with van der Waals surface area (Å²) in [6, 6.07) is 14.2. The molecule has 5 heterocycles. The number of carbonyl (C=O) groups excluding carboxylic acids is 2. The smallest absolute Gasteiger partial charge is 0.410 e. The van der Waals surface area contributed by atoms with Crippen LogP contribution in [0.15, 0.2) is 66.1 Å². The molecule has 50 heavy (non-hydrogen) atoms. The average molecular weight is 676 g/mol. The summed E-state index contributed by atoms with van der Waals surface area (Å²) >= 11 is 0. The molecule has 3 aliphatic rings. The number of H-pyrrole nitrogens is 1. The van der Waals surface area contributed by atoms with Crippen molar-refractivity contribution >= 4 is 34.4 Å². The predicted octanol–water partition coefficient (Wildman–Crippen LogP) is 8.34. The van der Waals surface area contributed by atoms with Gasteiger partial charge in [0.15, 0.2) is 5.82 Å². The molecule has 0 radical (unpaired) electrons. The second-order valence-corrected chi connectivity index (χ2v) is 15.3. The van der Waals surface area contributed by atoms with Gasteiger partial charge in [0.05, 0.1) is 29.5 Å². The number of aromatic nitrogens is 4. The van der Waals surface area contributed by atoms with Crippen molar-refractivity contribution in [3.63, 3.8) is 0 Å². The zero-order chi connectivity index (χ0) is 35.2. The van der Waals surface area contributed by atoms with Crippen LogP contribution < -0.4 is 0 Å². The first kappa shape index (κ1) is 33.4. The third-order valence-electron chi connectivity index (χ3n) is 9.22. The van der Waals surface area contributed by atoms with Gasteiger partial charge in [0.1, 0.15) is 17.0 Å². The standard InChI is InChI=1S/C39H45N7O4/c1-38(2,3)49-36(47)45-17-7-9-32(45)30-20-27(21-40-30)24-11-13-25(14-12-24)34-41-22-28-19-26(15-16-29(28)43-34)31-23-42-35(44-31)33-10-8-18-46(33)37(48)50-39(4,5)6/h11-16,19,21-23,32-33H,7-10,17-18,20H2,1-6H3,(H,42,44)/t32-,33?/m0/s1. The van der Waals surface area contributed by atoms with Gasteiger partial charge in [0.25, 0.3) is 0 Å². The Kier molecular flexibility index (Phi) is 8.69. The van der Waals surface area contributed by atoms with Crippen LogP contribution in [0.25, 0.3) is 39.1 Å². The van der Waals surface area contributed by atoms with E-state index in [1.807, 2.05) is 89.3 Å². The van der Waals surface area contributed by atoms with Gasteiger partial charge in [-0.25, -0.2) is 24.5 Å². The molecular formula is C39H45N7O4. The second-order valence-electron chi connectivity index (χ2n) is 15.3. The van der Waals surface area contributed by atoms with Gasteiger partial charge < -0.3 is 14.5 Å². The molecule has 0 aliphatic carbocycles. The van der Waals surface area contributed by atoms with E-state index in [2.05, 4.69) is 28.2 Å². The minimum absolute atomic E-state index is 0.0264. The Labute approximate surface area is 292 Å². The molecule has 2 aromatic carbocycles. The molecule has 11 nitrogen and oxygen atoms in total. The molecule has 0 spiro atoms. The lowest BCUT2D eigenvalue weighted by molar-refractivity contribution is 0.0216. The summed E-state index contributed by atoms with van der Waals surface area (Å²) in [7, 11) is 0. The van der Waals surface area contributed by atoms with Crippen LogP contribution in [-0.2, 0) is 9.47 Å². The fourth-order valence-corrected chi connectivity index (χ4v) is 6.90. The number of imidazole rings is 1. The van der Waals surface area contributed by atoms with Crippen LogP contribution in [0.3, 0.4) is 0 Å². The summed E-state index contributed by atoms with van der Waals surface area (Å²) in [6.45, 7) is 12.7. The summed E-state index contributed by atoms with van der Waals surface area (Å²) in [4.78, 5) is 51.6. The molecule has 7 rings (SSSR count). The Morgan fingerprint density at radius 1 is 0.780 bits per heavy atom. The van der Waals surface area contributed by atoms with Crippen molar-refractivity contribution in [1.29, 1.82) is 0 Å². The number of nitrogens with zero attached hydrogens (tertiary/aromatic N) is 6. The fraction of sp³-hybridized carbons (Fsp3) is 0.436. The molecular weight excluding hydrogens is 630 g/mol. The van der Waals surface area contributed by atoms with Gasteiger partial charge in [0.2, 0.25) is 0 Å². The predicted molar refractivity (Wildman–Crippen MR) is 193 cm³/mol. The van der Waals surface area contributed by atoms with E-state index >= 15 is 0 Å². The summed E-state index contributed by atoms with van der Waals surface area (Å²) in [5.41, 5.74) is 5.76. The summed E-state index contributed by atoms with van der Waals surface area (Å²) in [5.74, 6) is 1.41. The maximum absolute atomic E-state index is 12.8. The molecule has 2 saturated heterocycles. The number of carbonyl (C=O) groups is 2. The highest BCUT2D eigenvalue weighted by molar-refractivity contribution is 6.03. The number of hydrogen-bond acceptors (Lipinski definition) is 8. The van der Waals surface area contributed by atoms with Gasteiger partial charge in [-0.2, -0.15) is 0 Å². The number of aliphatic imine (C=N–C) groups is 1. The average Bonchev–Trinajstić information content (AvgIpc) is 3.88. The van der Waals surface area contributed by atoms with Gasteiger partial charge >= 0.3 is 12.2 Å². The van der Waals surface area contributed by atoms with E-state index in [1.165, 1.54) is 0 Å². The quantitative estimate of drug-likeness (QED) is 0.225. The molecule has 260 valence electrons. The van der Waals surface area contributed by atoms with E-state index < -0.39 is 11.2 Å². The molecule has 2 aromatic heterocycles. The second kappa shape index (κ2) is 13.0. The molecule has 4 aromatic rings. The number of amides is 2. The highest BCUT2D eigenvalue weighted by Gasteiger charge is 2.37. The number of ether oxygens (including phenoxy) is 2. The van der Waals surface area contributed by atoms with Crippen LogP contribution in [0, 0.1) is 0 Å². The number of aromatic amines is 1. The van der Waals surface area contributed by atoms with Crippen LogP contribution in [0.5, 0.6) is 0 Å². The van der Waals surface area contributed by atoms with E-state index in [4.69, 9.17) is 24.4 Å². The number of hydrogen-bond donors (Lipinski definition) is 1. The number of allylic oxidation sites excluding steroid dienone is 1. The number of benzene rings is 2. The zero-order valence-electron chi connectivity index (χ0n) is 29.7. The van der Waals surface area contributed by atoms with Crippen LogP contribution >= 0.6 is 0 Å². The first-order valence-corrected chi connectivity index (χ1v) is 17.5. The lowest BCUT2D eigenvalue weighted by atomic mass is 9.98. The molecule has 3 aliphatic heterocycles. The van der Waals surface area contributed by atoms with E-state index in [-0.39, 0.29) is 24.3 Å². The van der Waals surface area contributed by atoms with Gasteiger partial charge in [-0.15, -0.1) is 0 Å². The number of rotatable bonds is 5. The molecule has 1 N–H and O–H groups in total. The van der Waals surface area contributed by atoms with Gasteiger partial charge in [-0.1, -0.05) is 30.3 Å². The van der Waals surface area contributed by atoms with Gasteiger partial charge in [0, 0.05) is 54.1 Å². The number of likely N-dealkylation sites (tertiary alicyclic amines) is 2. The molecule has 2 fully saturated rings. The van der Waals surface area contributed by atoms with Gasteiger partial charge in [-0.3, -0.25) is 14.8 Å². The Hall–Kier alpha value is -5.06. The molecule has 1 unspecified atom stereocenters. The fourth-order valence-electron chi connectivity index (χ4n) is 6.90. The lowest BCUT2D eigenvalue weighted by Crippen LogP contribution is -2.43. The Balaban J connectivity index is 1.01. The van der Waals surface area contributed by atoms with E-state index in [0.29, 0.717) is 25.3 Å². The van der Waals surface area contributed by atoms with Crippen LogP contribution in [0.1, 0.15) is 91.1 Å². The van der Waals surface area contributed by atoms with Crippen molar-refractivity contribution in [1.82, 2.24) is 29.7 Å². The van der Waals surface area contributed by atoms with Crippen LogP contribution in [0.4, 0.5) is 9.59 Å². The monoisotopic (exact) mass is 675 g/mol. The van der Waals surface area contributed by atoms with Crippen molar-refractivity contribution in [3.05, 3.63) is 72.4 Å². The Morgan fingerprint density at radius 2 is 1.40 bits per heavy atom. The normalized spacial score (nSPS) is 19.6. The van der Waals surface area contributed by atoms with Crippen molar-refractivity contribution < 1.29 is 19.1 Å². The minimum atomic E-state index is -0.549. The Morgan fingerprint density at radius 3 is 2.08 bits per heavy atom. The van der Waals surface area contributed by atoms with Crippen molar-refractivity contribution in [2.24, 2.45) is 4.99 Å². The SMILES string of the molecule is CC(C)(C)OC(=O)N1CCCC1c1ncc(-c2ccc3nc(-c4ccc(C5=CN=C([C@@H]6CCCN6C(=O)OC(C)(C)C)C5)cc4)ncc3c2)[nH]1. The first-order valence-electron chi connectivity index (χ1n) is 17.5. The van der Waals surface area contributed by atoms with E-state index in [9.17, 15) is 9.59 Å². The van der Waals surface area contributed by atoms with E-state index in [1.54, 1.807) is 4.90 Å². The highest BCUT2D eigenvalue weighted by atomic mass is 16.6. The van der Waals surface area contributed by atoms with Crippen molar-refractivity contribution in [2.75, 3.05) is 13.1 Å². The summed E-state index contributed by atoms with van der Waals surface area (Å²) < 4.78 is 11.3. The van der Waals surface area contributed by atoms with Gasteiger partial charge in [-0.05, 0) is 90.5 Å². The zero-order valence-corrected chi connectivity index (χ0v) is 29.7. The largest absolute Gasteiger partial charge is 0.444 e. The van der Waals surface area contributed by atoms with Crippen molar-refractivity contribution in [2.45, 2.75) is 96.9 Å². The Bertz CT molecular complexity index is 1980. The molecule has 0 saturated carbocycles. The molecule has 0 bridgehead atoms. The van der Waals surface area contributed by atoms with Crippen LogP contribution in [0.2, 0.25) is 0 Å². The van der Waals surface area contributed by atoms with E-state index in [0.717, 1.165) is 76.1 Å².